The topological polar surface area (TPSA) is 44.4 Å². The molecule has 0 aromatic heterocycles. The van der Waals surface area contributed by atoms with Gasteiger partial charge < -0.3 is 15.5 Å². The highest BCUT2D eigenvalue weighted by molar-refractivity contribution is 5.81. The summed E-state index contributed by atoms with van der Waals surface area (Å²) in [6, 6.07) is 1.11. The third-order valence-corrected chi connectivity index (χ3v) is 5.34. The smallest absolute Gasteiger partial charge is 0.239 e. The first-order valence-electron chi connectivity index (χ1n) is 8.95. The van der Waals surface area contributed by atoms with Gasteiger partial charge in [-0.2, -0.15) is 0 Å². The Labute approximate surface area is 130 Å². The second-order valence-electron chi connectivity index (χ2n) is 6.66. The van der Waals surface area contributed by atoms with Crippen molar-refractivity contribution in [1.82, 2.24) is 15.5 Å². The van der Waals surface area contributed by atoms with Crippen molar-refractivity contribution >= 4 is 5.91 Å². The van der Waals surface area contributed by atoms with Crippen LogP contribution in [0.15, 0.2) is 0 Å². The van der Waals surface area contributed by atoms with E-state index >= 15 is 0 Å². The molecule has 0 aromatic rings. The van der Waals surface area contributed by atoms with Crippen molar-refractivity contribution in [3.05, 3.63) is 0 Å². The lowest BCUT2D eigenvalue weighted by Crippen LogP contribution is -2.54. The summed E-state index contributed by atoms with van der Waals surface area (Å²) in [5, 5.41) is 7.33. The third-order valence-electron chi connectivity index (χ3n) is 5.34. The fraction of sp³-hybridized carbons (Fsp3) is 0.941. The second kappa shape index (κ2) is 8.14. The molecule has 4 unspecified atom stereocenters. The maximum atomic E-state index is 12.5. The molecule has 2 N–H and O–H groups in total. The van der Waals surface area contributed by atoms with E-state index in [0.29, 0.717) is 18.0 Å². The molecule has 1 aliphatic heterocycles. The molecule has 4 heteroatoms. The molecule has 2 fully saturated rings. The molecule has 21 heavy (non-hydrogen) atoms. The number of hydrogen-bond acceptors (Lipinski definition) is 3. The van der Waals surface area contributed by atoms with Crippen molar-refractivity contribution < 1.29 is 4.79 Å². The number of carbonyl (C=O) groups is 1. The zero-order valence-corrected chi connectivity index (χ0v) is 14.0. The van der Waals surface area contributed by atoms with Crippen LogP contribution in [0.3, 0.4) is 0 Å². The summed E-state index contributed by atoms with van der Waals surface area (Å²) >= 11 is 0. The fourth-order valence-corrected chi connectivity index (χ4v) is 4.13. The number of rotatable bonds is 6. The summed E-state index contributed by atoms with van der Waals surface area (Å²) in [4.78, 5) is 14.4. The molecule has 1 saturated heterocycles. The lowest BCUT2D eigenvalue weighted by atomic mass is 9.79. The number of carbonyl (C=O) groups excluding carboxylic acids is 1. The van der Waals surface area contributed by atoms with Crippen LogP contribution in [0, 0.1) is 5.92 Å². The Balaban J connectivity index is 1.93. The average molecular weight is 295 g/mol. The minimum absolute atomic E-state index is 0.0584. The molecule has 0 bridgehead atoms. The summed E-state index contributed by atoms with van der Waals surface area (Å²) in [6.07, 6.45) is 7.79. The summed E-state index contributed by atoms with van der Waals surface area (Å²) < 4.78 is 0. The molecular weight excluding hydrogens is 262 g/mol. The van der Waals surface area contributed by atoms with E-state index < -0.39 is 0 Å². The molecule has 1 saturated carbocycles. The monoisotopic (exact) mass is 295 g/mol. The van der Waals surface area contributed by atoms with Crippen LogP contribution in [0.25, 0.3) is 0 Å². The van der Waals surface area contributed by atoms with E-state index in [1.165, 1.54) is 45.1 Å². The largest absolute Gasteiger partial charge is 0.342 e. The van der Waals surface area contributed by atoms with Gasteiger partial charge in [-0.25, -0.2) is 0 Å². The fourth-order valence-electron chi connectivity index (χ4n) is 4.13. The van der Waals surface area contributed by atoms with Crippen LogP contribution in [0.5, 0.6) is 0 Å². The van der Waals surface area contributed by atoms with E-state index in [0.717, 1.165) is 13.1 Å². The first-order valence-corrected chi connectivity index (χ1v) is 8.95. The lowest BCUT2D eigenvalue weighted by Gasteiger charge is -2.38. The van der Waals surface area contributed by atoms with Crippen molar-refractivity contribution in [2.24, 2.45) is 5.92 Å². The molecule has 2 aliphatic rings. The highest BCUT2D eigenvalue weighted by Crippen LogP contribution is 2.30. The summed E-state index contributed by atoms with van der Waals surface area (Å²) in [5.74, 6) is 0.955. The Morgan fingerprint density at radius 1 is 1.19 bits per heavy atom. The van der Waals surface area contributed by atoms with Crippen molar-refractivity contribution in [3.8, 4) is 0 Å². The lowest BCUT2D eigenvalue weighted by molar-refractivity contribution is -0.133. The summed E-state index contributed by atoms with van der Waals surface area (Å²) in [6.45, 7) is 8.93. The standard InChI is InChI=1S/C17H33N3O/c1-4-20(5-2)17(21)13(3)19-16-10-7-6-9-14(16)15-11-8-12-18-15/h13-16,18-19H,4-12H2,1-3H3. The van der Waals surface area contributed by atoms with Gasteiger partial charge in [-0.05, 0) is 58.9 Å². The summed E-state index contributed by atoms with van der Waals surface area (Å²) in [5.41, 5.74) is 0. The Morgan fingerprint density at radius 3 is 2.52 bits per heavy atom. The number of amides is 1. The second-order valence-corrected chi connectivity index (χ2v) is 6.66. The zero-order valence-electron chi connectivity index (χ0n) is 14.0. The maximum absolute atomic E-state index is 12.5. The van der Waals surface area contributed by atoms with Crippen LogP contribution < -0.4 is 10.6 Å². The van der Waals surface area contributed by atoms with E-state index in [-0.39, 0.29) is 11.9 Å². The van der Waals surface area contributed by atoms with Gasteiger partial charge in [0.1, 0.15) is 0 Å². The molecule has 4 atom stereocenters. The van der Waals surface area contributed by atoms with Crippen LogP contribution in [-0.2, 0) is 4.79 Å². The van der Waals surface area contributed by atoms with Crippen LogP contribution in [-0.4, -0.2) is 48.6 Å². The van der Waals surface area contributed by atoms with Crippen molar-refractivity contribution in [2.75, 3.05) is 19.6 Å². The van der Waals surface area contributed by atoms with Crippen LogP contribution in [0.4, 0.5) is 0 Å². The molecule has 4 nitrogen and oxygen atoms in total. The predicted molar refractivity (Wildman–Crippen MR) is 87.3 cm³/mol. The van der Waals surface area contributed by atoms with Gasteiger partial charge in [-0.3, -0.25) is 4.79 Å². The minimum atomic E-state index is -0.0584. The maximum Gasteiger partial charge on any atom is 0.239 e. The molecule has 0 radical (unpaired) electrons. The van der Waals surface area contributed by atoms with Gasteiger partial charge in [-0.15, -0.1) is 0 Å². The minimum Gasteiger partial charge on any atom is -0.342 e. The van der Waals surface area contributed by atoms with E-state index in [4.69, 9.17) is 0 Å². The van der Waals surface area contributed by atoms with Gasteiger partial charge in [0.05, 0.1) is 6.04 Å². The van der Waals surface area contributed by atoms with E-state index in [2.05, 4.69) is 24.5 Å². The number of hydrogen-bond donors (Lipinski definition) is 2. The highest BCUT2D eigenvalue weighted by atomic mass is 16.2. The van der Waals surface area contributed by atoms with E-state index in [1.54, 1.807) is 0 Å². The first kappa shape index (κ1) is 16.8. The van der Waals surface area contributed by atoms with Gasteiger partial charge in [0.15, 0.2) is 0 Å². The van der Waals surface area contributed by atoms with E-state index in [1.807, 2.05) is 11.8 Å². The van der Waals surface area contributed by atoms with Crippen molar-refractivity contribution in [2.45, 2.75) is 77.4 Å². The molecule has 2 rings (SSSR count). The van der Waals surface area contributed by atoms with Gasteiger partial charge in [0.2, 0.25) is 5.91 Å². The molecule has 1 heterocycles. The van der Waals surface area contributed by atoms with Crippen molar-refractivity contribution in [3.63, 3.8) is 0 Å². The predicted octanol–water partition coefficient (Wildman–Crippen LogP) is 2.14. The number of nitrogens with one attached hydrogen (secondary N) is 2. The number of likely N-dealkylation sites (N-methyl/N-ethyl adjacent to an activating group) is 1. The third kappa shape index (κ3) is 4.19. The molecule has 0 spiro atoms. The quantitative estimate of drug-likeness (QED) is 0.789. The molecule has 0 aromatic carbocycles. The highest BCUT2D eigenvalue weighted by Gasteiger charge is 2.34. The van der Waals surface area contributed by atoms with Gasteiger partial charge in [0, 0.05) is 25.2 Å². The number of nitrogens with zero attached hydrogens (tertiary/aromatic N) is 1. The van der Waals surface area contributed by atoms with Crippen LogP contribution in [0.2, 0.25) is 0 Å². The molecule has 1 amide bonds. The van der Waals surface area contributed by atoms with Gasteiger partial charge in [-0.1, -0.05) is 12.8 Å². The summed E-state index contributed by atoms with van der Waals surface area (Å²) in [7, 11) is 0. The SMILES string of the molecule is CCN(CC)C(=O)C(C)NC1CCCCC1C1CCCN1. The van der Waals surface area contributed by atoms with Crippen LogP contribution in [0.1, 0.15) is 59.3 Å². The molecular formula is C17H33N3O. The Bertz CT molecular complexity index is 324. The normalized spacial score (nSPS) is 31.1. The van der Waals surface area contributed by atoms with Crippen LogP contribution >= 0.6 is 0 Å². The van der Waals surface area contributed by atoms with Gasteiger partial charge >= 0.3 is 0 Å². The first-order chi connectivity index (χ1) is 10.2. The molecule has 122 valence electrons. The zero-order chi connectivity index (χ0) is 15.2. The Hall–Kier alpha value is -0.610. The Kier molecular flexibility index (Phi) is 6.49. The van der Waals surface area contributed by atoms with Crippen molar-refractivity contribution in [1.29, 1.82) is 0 Å². The molecule has 1 aliphatic carbocycles. The van der Waals surface area contributed by atoms with E-state index in [9.17, 15) is 4.79 Å². The Morgan fingerprint density at radius 2 is 1.90 bits per heavy atom. The van der Waals surface area contributed by atoms with Gasteiger partial charge in [0.25, 0.3) is 0 Å². The average Bonchev–Trinajstić information content (AvgIpc) is 3.03.